The minimum absolute atomic E-state index is 0. The number of hydrogen-bond donors (Lipinski definition) is 2. The molecular weight excluding hydrogens is 340 g/mol. The fourth-order valence-electron chi connectivity index (χ4n) is 2.50. The number of rotatable bonds is 6. The van der Waals surface area contributed by atoms with Gasteiger partial charge in [0.05, 0.1) is 19.8 Å². The number of anilines is 1. The molecule has 2 aromatic rings. The monoisotopic (exact) mass is 362 g/mol. The maximum Gasteiger partial charge on any atom is 0.254 e. The van der Waals surface area contributed by atoms with E-state index in [2.05, 4.69) is 10.6 Å². The highest BCUT2D eigenvalue weighted by Gasteiger charge is 2.21. The summed E-state index contributed by atoms with van der Waals surface area (Å²) in [6, 6.07) is 17.8. The molecule has 1 amide bonds. The molecule has 1 unspecified atom stereocenters. The highest BCUT2D eigenvalue weighted by Crippen LogP contribution is 2.12. The Hall–Kier alpha value is -1.92. The number of amides is 1. The van der Waals surface area contributed by atoms with Crippen molar-refractivity contribution in [2.24, 2.45) is 0 Å². The van der Waals surface area contributed by atoms with Gasteiger partial charge in [0, 0.05) is 18.8 Å². The molecule has 1 aliphatic heterocycles. The van der Waals surface area contributed by atoms with E-state index in [1.54, 1.807) is 0 Å². The summed E-state index contributed by atoms with van der Waals surface area (Å²) in [5, 5.41) is 6.02. The van der Waals surface area contributed by atoms with Crippen LogP contribution in [0.15, 0.2) is 54.6 Å². The quantitative estimate of drug-likeness (QED) is 0.829. The minimum Gasteiger partial charge on any atom is -0.372 e. The van der Waals surface area contributed by atoms with Gasteiger partial charge in [0.2, 0.25) is 0 Å². The zero-order valence-electron chi connectivity index (χ0n) is 13.9. The lowest BCUT2D eigenvalue weighted by Crippen LogP contribution is -2.45. The van der Waals surface area contributed by atoms with Crippen molar-refractivity contribution in [1.82, 2.24) is 5.32 Å². The van der Waals surface area contributed by atoms with Crippen molar-refractivity contribution in [2.75, 3.05) is 25.0 Å². The Morgan fingerprint density at radius 2 is 1.76 bits per heavy atom. The lowest BCUT2D eigenvalue weighted by molar-refractivity contribution is -0.128. The van der Waals surface area contributed by atoms with Crippen LogP contribution in [0.3, 0.4) is 0 Å². The molecule has 0 aliphatic carbocycles. The minimum atomic E-state index is -0.423. The molecule has 1 saturated heterocycles. The third kappa shape index (κ3) is 6.14. The summed E-state index contributed by atoms with van der Waals surface area (Å²) in [5.41, 5.74) is 2.99. The Morgan fingerprint density at radius 3 is 2.40 bits per heavy atom. The van der Waals surface area contributed by atoms with Crippen molar-refractivity contribution < 1.29 is 14.3 Å². The first kappa shape index (κ1) is 19.4. The second-order valence-corrected chi connectivity index (χ2v) is 5.73. The van der Waals surface area contributed by atoms with Crippen LogP contribution in [0, 0.1) is 0 Å². The van der Waals surface area contributed by atoms with Crippen molar-refractivity contribution in [3.05, 3.63) is 65.7 Å². The van der Waals surface area contributed by atoms with Gasteiger partial charge in [-0.1, -0.05) is 42.5 Å². The first-order valence-electron chi connectivity index (χ1n) is 8.15. The summed E-state index contributed by atoms with van der Waals surface area (Å²) in [6.45, 7) is 3.04. The van der Waals surface area contributed by atoms with Crippen LogP contribution in [0.25, 0.3) is 0 Å². The van der Waals surface area contributed by atoms with Gasteiger partial charge in [0.25, 0.3) is 5.91 Å². The standard InChI is InChI=1S/C19H22N2O3.ClH/c22-19(18-12-20-10-11-24-18)21-17-8-6-16(7-9-17)14-23-13-15-4-2-1-3-5-15;/h1-9,18,20H,10-14H2,(H,21,22);1H. The number of benzene rings is 2. The maximum atomic E-state index is 12.1. The molecule has 1 aliphatic rings. The summed E-state index contributed by atoms with van der Waals surface area (Å²) in [4.78, 5) is 12.1. The molecule has 2 N–H and O–H groups in total. The van der Waals surface area contributed by atoms with E-state index in [1.807, 2.05) is 54.6 Å². The van der Waals surface area contributed by atoms with E-state index in [-0.39, 0.29) is 18.3 Å². The molecule has 0 bridgehead atoms. The van der Waals surface area contributed by atoms with Crippen LogP contribution in [0.2, 0.25) is 0 Å². The van der Waals surface area contributed by atoms with Gasteiger partial charge in [-0.3, -0.25) is 4.79 Å². The lowest BCUT2D eigenvalue weighted by atomic mass is 10.2. The first-order valence-corrected chi connectivity index (χ1v) is 8.15. The van der Waals surface area contributed by atoms with Crippen LogP contribution in [0.5, 0.6) is 0 Å². The predicted molar refractivity (Wildman–Crippen MR) is 99.9 cm³/mol. The highest BCUT2D eigenvalue weighted by molar-refractivity contribution is 5.94. The number of hydrogen-bond acceptors (Lipinski definition) is 4. The molecule has 1 fully saturated rings. The van der Waals surface area contributed by atoms with Crippen LogP contribution in [0.1, 0.15) is 11.1 Å². The Bertz CT molecular complexity index is 643. The highest BCUT2D eigenvalue weighted by atomic mass is 35.5. The van der Waals surface area contributed by atoms with E-state index >= 15 is 0 Å². The number of ether oxygens (including phenoxy) is 2. The lowest BCUT2D eigenvalue weighted by Gasteiger charge is -2.22. The summed E-state index contributed by atoms with van der Waals surface area (Å²) < 4.78 is 11.1. The Kier molecular flexibility index (Phi) is 7.88. The van der Waals surface area contributed by atoms with Crippen molar-refractivity contribution >= 4 is 24.0 Å². The smallest absolute Gasteiger partial charge is 0.254 e. The second kappa shape index (κ2) is 10.2. The Morgan fingerprint density at radius 1 is 1.08 bits per heavy atom. The number of morpholine rings is 1. The summed E-state index contributed by atoms with van der Waals surface area (Å²) >= 11 is 0. The molecule has 0 radical (unpaired) electrons. The van der Waals surface area contributed by atoms with Gasteiger partial charge >= 0.3 is 0 Å². The van der Waals surface area contributed by atoms with Crippen molar-refractivity contribution in [1.29, 1.82) is 0 Å². The van der Waals surface area contributed by atoms with Crippen molar-refractivity contribution in [3.8, 4) is 0 Å². The second-order valence-electron chi connectivity index (χ2n) is 5.73. The average molecular weight is 363 g/mol. The van der Waals surface area contributed by atoms with Gasteiger partial charge in [0.1, 0.15) is 6.10 Å². The van der Waals surface area contributed by atoms with Gasteiger partial charge in [0.15, 0.2) is 0 Å². The maximum absolute atomic E-state index is 12.1. The molecule has 25 heavy (non-hydrogen) atoms. The summed E-state index contributed by atoms with van der Waals surface area (Å²) in [6.07, 6.45) is -0.423. The molecule has 3 rings (SSSR count). The topological polar surface area (TPSA) is 59.6 Å². The third-order valence-electron chi connectivity index (χ3n) is 3.82. The van der Waals surface area contributed by atoms with Gasteiger partial charge in [-0.25, -0.2) is 0 Å². The molecule has 1 heterocycles. The SMILES string of the molecule is Cl.O=C(Nc1ccc(COCc2ccccc2)cc1)C1CNCCO1. The fraction of sp³-hybridized carbons (Fsp3) is 0.316. The van der Waals surface area contributed by atoms with Crippen LogP contribution >= 0.6 is 12.4 Å². The first-order chi connectivity index (χ1) is 11.8. The van der Waals surface area contributed by atoms with E-state index in [9.17, 15) is 4.79 Å². The molecule has 0 spiro atoms. The van der Waals surface area contributed by atoms with E-state index in [4.69, 9.17) is 9.47 Å². The number of halogens is 1. The van der Waals surface area contributed by atoms with Crippen LogP contribution < -0.4 is 10.6 Å². The zero-order valence-corrected chi connectivity index (χ0v) is 14.8. The molecule has 5 nitrogen and oxygen atoms in total. The predicted octanol–water partition coefficient (Wildman–Crippen LogP) is 2.75. The van der Waals surface area contributed by atoms with E-state index in [1.165, 1.54) is 0 Å². The number of carbonyl (C=O) groups is 1. The Balaban J connectivity index is 0.00000225. The largest absolute Gasteiger partial charge is 0.372 e. The van der Waals surface area contributed by atoms with E-state index in [0.29, 0.717) is 26.4 Å². The fourth-order valence-corrected chi connectivity index (χ4v) is 2.50. The van der Waals surface area contributed by atoms with Gasteiger partial charge in [-0.2, -0.15) is 0 Å². The van der Waals surface area contributed by atoms with Crippen LogP contribution in [-0.2, 0) is 27.5 Å². The molecular formula is C19H23ClN2O3. The molecule has 6 heteroatoms. The number of nitrogens with one attached hydrogen (secondary N) is 2. The molecule has 1 atom stereocenters. The van der Waals surface area contributed by atoms with E-state index in [0.717, 1.165) is 23.4 Å². The third-order valence-corrected chi connectivity index (χ3v) is 3.82. The average Bonchev–Trinajstić information content (AvgIpc) is 2.65. The van der Waals surface area contributed by atoms with Gasteiger partial charge < -0.3 is 20.1 Å². The Labute approximate surface area is 154 Å². The van der Waals surface area contributed by atoms with Crippen LogP contribution in [0.4, 0.5) is 5.69 Å². The normalized spacial score (nSPS) is 16.7. The summed E-state index contributed by atoms with van der Waals surface area (Å²) in [7, 11) is 0. The molecule has 2 aromatic carbocycles. The van der Waals surface area contributed by atoms with E-state index < -0.39 is 6.10 Å². The zero-order chi connectivity index (χ0) is 16.6. The van der Waals surface area contributed by atoms with Gasteiger partial charge in [-0.15, -0.1) is 12.4 Å². The molecule has 134 valence electrons. The van der Waals surface area contributed by atoms with Crippen LogP contribution in [-0.4, -0.2) is 31.7 Å². The van der Waals surface area contributed by atoms with Crippen molar-refractivity contribution in [3.63, 3.8) is 0 Å². The number of carbonyl (C=O) groups excluding carboxylic acids is 1. The summed E-state index contributed by atoms with van der Waals surface area (Å²) in [5.74, 6) is -0.115. The van der Waals surface area contributed by atoms with Crippen molar-refractivity contribution in [2.45, 2.75) is 19.3 Å². The van der Waals surface area contributed by atoms with Gasteiger partial charge in [-0.05, 0) is 23.3 Å². The molecule has 0 saturated carbocycles. The molecule has 0 aromatic heterocycles.